The van der Waals surface area contributed by atoms with Gasteiger partial charge in [0.1, 0.15) is 25.9 Å². The van der Waals surface area contributed by atoms with Gasteiger partial charge in [0, 0.05) is 6.08 Å². The van der Waals surface area contributed by atoms with E-state index in [-0.39, 0.29) is 25.9 Å². The molecular formula is C17H22O7. The number of carbonyl (C=O) groups excluding carboxylic acids is 3. The van der Waals surface area contributed by atoms with Crippen LogP contribution in [-0.2, 0) is 33.3 Å². The zero-order valence-corrected chi connectivity index (χ0v) is 13.7. The number of hydrogen-bond acceptors (Lipinski definition) is 7. The number of carbonyl (C=O) groups is 3. The third-order valence-corrected chi connectivity index (χ3v) is 3.95. The minimum absolute atomic E-state index is 0.0147. The average Bonchev–Trinajstić information content (AvgIpc) is 3.40. The van der Waals surface area contributed by atoms with E-state index in [0.717, 1.165) is 11.6 Å². The highest BCUT2D eigenvalue weighted by Crippen LogP contribution is 2.32. The molecule has 0 bridgehead atoms. The van der Waals surface area contributed by atoms with Crippen molar-refractivity contribution in [2.75, 3.05) is 26.4 Å². The minimum Gasteiger partial charge on any atom is -0.463 e. The smallest absolute Gasteiger partial charge is 0.330 e. The zero-order chi connectivity index (χ0) is 17.5. The average molecular weight is 338 g/mol. The molecule has 0 aromatic carbocycles. The van der Waals surface area contributed by atoms with Crippen LogP contribution in [0.5, 0.6) is 0 Å². The molecule has 7 heteroatoms. The molecule has 2 aliphatic rings. The van der Waals surface area contributed by atoms with E-state index in [4.69, 9.17) is 18.9 Å². The molecule has 0 N–H and O–H groups in total. The molecule has 7 nitrogen and oxygen atoms in total. The Morgan fingerprint density at radius 1 is 1.25 bits per heavy atom. The summed E-state index contributed by atoms with van der Waals surface area (Å²) in [6.07, 6.45) is 4.20. The van der Waals surface area contributed by atoms with E-state index in [0.29, 0.717) is 19.4 Å². The maximum Gasteiger partial charge on any atom is 0.330 e. The molecule has 1 heterocycles. The third-order valence-electron chi connectivity index (χ3n) is 3.95. The predicted molar refractivity (Wildman–Crippen MR) is 82.8 cm³/mol. The Kier molecular flexibility index (Phi) is 6.54. The van der Waals surface area contributed by atoms with Crippen LogP contribution >= 0.6 is 0 Å². The molecule has 0 spiro atoms. The maximum absolute atomic E-state index is 12.3. The molecule has 1 fully saturated rings. The third kappa shape index (κ3) is 5.19. The molecule has 3 unspecified atom stereocenters. The minimum atomic E-state index is -0.665. The highest BCUT2D eigenvalue weighted by molar-refractivity contribution is 5.85. The molecule has 24 heavy (non-hydrogen) atoms. The van der Waals surface area contributed by atoms with Crippen molar-refractivity contribution in [2.24, 2.45) is 11.8 Å². The van der Waals surface area contributed by atoms with Crippen LogP contribution in [0, 0.1) is 11.8 Å². The predicted octanol–water partition coefficient (Wildman–Crippen LogP) is 1.17. The van der Waals surface area contributed by atoms with Gasteiger partial charge in [0.2, 0.25) is 0 Å². The van der Waals surface area contributed by atoms with Gasteiger partial charge in [0.25, 0.3) is 0 Å². The normalized spacial score (nSPS) is 25.2. The molecule has 1 aliphatic heterocycles. The van der Waals surface area contributed by atoms with Crippen molar-refractivity contribution in [3.63, 3.8) is 0 Å². The second-order valence-corrected chi connectivity index (χ2v) is 5.73. The molecule has 0 amide bonds. The molecule has 0 aromatic rings. The van der Waals surface area contributed by atoms with Crippen molar-refractivity contribution in [1.82, 2.24) is 0 Å². The Bertz CT molecular complexity index is 533. The molecule has 0 aromatic heterocycles. The van der Waals surface area contributed by atoms with Crippen LogP contribution in [0.25, 0.3) is 0 Å². The summed E-state index contributed by atoms with van der Waals surface area (Å²) in [6, 6.07) is 0. The lowest BCUT2D eigenvalue weighted by molar-refractivity contribution is -0.161. The summed E-state index contributed by atoms with van der Waals surface area (Å²) in [5.41, 5.74) is 0.791. The first-order chi connectivity index (χ1) is 11.5. The highest BCUT2D eigenvalue weighted by Gasteiger charge is 2.39. The Hall–Kier alpha value is -2.15. The van der Waals surface area contributed by atoms with Gasteiger partial charge in [-0.3, -0.25) is 9.59 Å². The summed E-state index contributed by atoms with van der Waals surface area (Å²) in [4.78, 5) is 35.5. The standard InChI is InChI=1S/C17H22O7/c1-3-14(18)21-7-8-22-17(20)15-11(2)5-4-6-13(15)16(19)24-10-12-9-23-12/h3,5,12-13,15H,1,4,6-10H2,2H3. The van der Waals surface area contributed by atoms with Crippen molar-refractivity contribution in [3.8, 4) is 0 Å². The molecule has 3 atom stereocenters. The number of esters is 3. The van der Waals surface area contributed by atoms with E-state index in [1.54, 1.807) is 6.92 Å². The quantitative estimate of drug-likeness (QED) is 0.164. The Morgan fingerprint density at radius 3 is 2.62 bits per heavy atom. The number of ether oxygens (including phenoxy) is 4. The summed E-state index contributed by atoms with van der Waals surface area (Å²) < 4.78 is 20.1. The Labute approximate surface area is 140 Å². The van der Waals surface area contributed by atoms with Gasteiger partial charge in [-0.2, -0.15) is 0 Å². The lowest BCUT2D eigenvalue weighted by atomic mass is 9.79. The van der Waals surface area contributed by atoms with E-state index in [2.05, 4.69) is 6.58 Å². The van der Waals surface area contributed by atoms with Gasteiger partial charge < -0.3 is 18.9 Å². The van der Waals surface area contributed by atoms with Crippen molar-refractivity contribution < 1.29 is 33.3 Å². The van der Waals surface area contributed by atoms with Crippen LogP contribution in [-0.4, -0.2) is 50.4 Å². The molecule has 1 saturated heterocycles. The molecule has 0 saturated carbocycles. The summed E-state index contributed by atoms with van der Waals surface area (Å²) in [5, 5.41) is 0. The Morgan fingerprint density at radius 2 is 1.96 bits per heavy atom. The van der Waals surface area contributed by atoms with E-state index in [9.17, 15) is 14.4 Å². The van der Waals surface area contributed by atoms with E-state index in [1.807, 2.05) is 6.08 Å². The van der Waals surface area contributed by atoms with Crippen LogP contribution < -0.4 is 0 Å². The van der Waals surface area contributed by atoms with Gasteiger partial charge in [-0.05, 0) is 19.8 Å². The first-order valence-corrected chi connectivity index (χ1v) is 7.93. The number of hydrogen-bond donors (Lipinski definition) is 0. The molecular weight excluding hydrogens is 316 g/mol. The van der Waals surface area contributed by atoms with Gasteiger partial charge in [0.15, 0.2) is 0 Å². The fourth-order valence-electron chi connectivity index (χ4n) is 2.59. The van der Waals surface area contributed by atoms with Gasteiger partial charge in [-0.1, -0.05) is 18.2 Å². The van der Waals surface area contributed by atoms with Crippen LogP contribution in [0.3, 0.4) is 0 Å². The SMILES string of the molecule is C=CC(=O)OCCOC(=O)C1C(C)=CCCC1C(=O)OCC1CO1. The topological polar surface area (TPSA) is 91.4 Å². The molecule has 2 rings (SSSR count). The van der Waals surface area contributed by atoms with E-state index in [1.165, 1.54) is 0 Å². The van der Waals surface area contributed by atoms with Gasteiger partial charge in [-0.15, -0.1) is 0 Å². The fraction of sp³-hybridized carbons (Fsp3) is 0.588. The highest BCUT2D eigenvalue weighted by atomic mass is 16.6. The van der Waals surface area contributed by atoms with Crippen molar-refractivity contribution >= 4 is 17.9 Å². The first-order valence-electron chi connectivity index (χ1n) is 7.93. The number of allylic oxidation sites excluding steroid dienone is 1. The zero-order valence-electron chi connectivity index (χ0n) is 13.7. The first kappa shape index (κ1) is 18.2. The summed E-state index contributed by atoms with van der Waals surface area (Å²) in [6.45, 7) is 5.77. The van der Waals surface area contributed by atoms with Gasteiger partial charge in [-0.25, -0.2) is 4.79 Å². The molecule has 132 valence electrons. The van der Waals surface area contributed by atoms with Crippen LogP contribution in [0.15, 0.2) is 24.3 Å². The lowest BCUT2D eigenvalue weighted by Crippen LogP contribution is -2.36. The van der Waals surface area contributed by atoms with Crippen molar-refractivity contribution in [3.05, 3.63) is 24.3 Å². The second-order valence-electron chi connectivity index (χ2n) is 5.73. The van der Waals surface area contributed by atoms with Crippen LogP contribution in [0.1, 0.15) is 19.8 Å². The van der Waals surface area contributed by atoms with Gasteiger partial charge in [0.05, 0.1) is 18.4 Å². The second kappa shape index (κ2) is 8.63. The van der Waals surface area contributed by atoms with Crippen molar-refractivity contribution in [2.45, 2.75) is 25.9 Å². The summed E-state index contributed by atoms with van der Waals surface area (Å²) in [7, 11) is 0. The Balaban J connectivity index is 1.86. The number of rotatable bonds is 8. The fourth-order valence-corrected chi connectivity index (χ4v) is 2.59. The monoisotopic (exact) mass is 338 g/mol. The van der Waals surface area contributed by atoms with Crippen LogP contribution in [0.2, 0.25) is 0 Å². The largest absolute Gasteiger partial charge is 0.463 e. The number of epoxide rings is 1. The molecule has 0 radical (unpaired) electrons. The summed E-state index contributed by atoms with van der Waals surface area (Å²) >= 11 is 0. The van der Waals surface area contributed by atoms with E-state index < -0.39 is 29.7 Å². The molecule has 1 aliphatic carbocycles. The maximum atomic E-state index is 12.3. The van der Waals surface area contributed by atoms with Crippen LogP contribution in [0.4, 0.5) is 0 Å². The summed E-state index contributed by atoms with van der Waals surface area (Å²) in [5.74, 6) is -2.72. The lowest BCUT2D eigenvalue weighted by Gasteiger charge is -2.28. The van der Waals surface area contributed by atoms with Crippen molar-refractivity contribution in [1.29, 1.82) is 0 Å². The van der Waals surface area contributed by atoms with E-state index >= 15 is 0 Å². The van der Waals surface area contributed by atoms with Gasteiger partial charge >= 0.3 is 17.9 Å².